The van der Waals surface area contributed by atoms with Crippen molar-refractivity contribution in [1.82, 2.24) is 0 Å². The highest BCUT2D eigenvalue weighted by Gasteiger charge is 2.35. The standard InChI is InChI=1S/C19H14F6N2O3S/c1-17(29,10-31-14-6-4-13(5-7-14)30-19(23,24)25)16(28)27-12-3-2-11(9-26)15(8-12)18(20,21)22/h2-8,29H,10H2,1H3,(H,27,28). The fourth-order valence-corrected chi connectivity index (χ4v) is 3.15. The number of nitrogens with one attached hydrogen (secondary N) is 1. The zero-order chi connectivity index (χ0) is 23.4. The molecule has 12 heteroatoms. The van der Waals surface area contributed by atoms with Crippen LogP contribution in [0.3, 0.4) is 0 Å². The molecule has 0 radical (unpaired) electrons. The van der Waals surface area contributed by atoms with E-state index in [9.17, 15) is 36.2 Å². The lowest BCUT2D eigenvalue weighted by atomic mass is 10.1. The topological polar surface area (TPSA) is 82.3 Å². The first-order valence-electron chi connectivity index (χ1n) is 8.35. The Balaban J connectivity index is 2.04. The van der Waals surface area contributed by atoms with Gasteiger partial charge in [0.1, 0.15) is 11.4 Å². The number of nitrogens with zero attached hydrogens (tertiary/aromatic N) is 1. The molecule has 0 saturated heterocycles. The van der Waals surface area contributed by atoms with Gasteiger partial charge in [-0.1, -0.05) is 0 Å². The summed E-state index contributed by atoms with van der Waals surface area (Å²) in [4.78, 5) is 12.7. The minimum atomic E-state index is -4.84. The molecule has 1 unspecified atom stereocenters. The molecule has 0 bridgehead atoms. The Bertz CT molecular complexity index is 982. The van der Waals surface area contributed by atoms with Crippen molar-refractivity contribution < 1.29 is 41.0 Å². The number of amides is 1. The summed E-state index contributed by atoms with van der Waals surface area (Å²) in [7, 11) is 0. The number of carbonyl (C=O) groups excluding carboxylic acids is 1. The maximum Gasteiger partial charge on any atom is 0.573 e. The number of hydrogen-bond acceptors (Lipinski definition) is 5. The molecule has 0 heterocycles. The van der Waals surface area contributed by atoms with Crippen LogP contribution in [0.15, 0.2) is 47.4 Å². The molecule has 0 fully saturated rings. The lowest BCUT2D eigenvalue weighted by Gasteiger charge is -2.22. The van der Waals surface area contributed by atoms with Crippen molar-refractivity contribution in [2.24, 2.45) is 0 Å². The number of hydrogen-bond donors (Lipinski definition) is 2. The summed E-state index contributed by atoms with van der Waals surface area (Å²) >= 11 is 0.936. The molecule has 1 amide bonds. The van der Waals surface area contributed by atoms with Crippen LogP contribution in [0.5, 0.6) is 5.75 Å². The molecule has 31 heavy (non-hydrogen) atoms. The average molecular weight is 464 g/mol. The summed E-state index contributed by atoms with van der Waals surface area (Å²) in [6.07, 6.45) is -9.65. The molecule has 0 saturated carbocycles. The van der Waals surface area contributed by atoms with Gasteiger partial charge in [0.2, 0.25) is 0 Å². The molecule has 0 aliphatic heterocycles. The molecule has 5 nitrogen and oxygen atoms in total. The zero-order valence-electron chi connectivity index (χ0n) is 15.6. The first kappa shape index (κ1) is 24.4. The third kappa shape index (κ3) is 7.08. The van der Waals surface area contributed by atoms with E-state index in [2.05, 4.69) is 10.1 Å². The third-order valence-electron chi connectivity index (χ3n) is 3.77. The molecule has 166 valence electrons. The van der Waals surface area contributed by atoms with Crippen molar-refractivity contribution >= 4 is 23.4 Å². The van der Waals surface area contributed by atoms with Gasteiger partial charge in [-0.15, -0.1) is 24.9 Å². The van der Waals surface area contributed by atoms with E-state index < -0.39 is 40.9 Å². The smallest absolute Gasteiger partial charge is 0.406 e. The molecule has 0 aromatic heterocycles. The SMILES string of the molecule is CC(O)(CSc1ccc(OC(F)(F)F)cc1)C(=O)Nc1ccc(C#N)c(C(F)(F)F)c1. The van der Waals surface area contributed by atoms with Crippen molar-refractivity contribution in [1.29, 1.82) is 5.26 Å². The maximum atomic E-state index is 13.0. The van der Waals surface area contributed by atoms with Crippen LogP contribution in [0.25, 0.3) is 0 Å². The van der Waals surface area contributed by atoms with Gasteiger partial charge >= 0.3 is 12.5 Å². The van der Waals surface area contributed by atoms with Gasteiger partial charge in [-0.05, 0) is 49.4 Å². The first-order valence-corrected chi connectivity index (χ1v) is 9.33. The number of benzene rings is 2. The third-order valence-corrected chi connectivity index (χ3v) is 5.08. The molecule has 2 N–H and O–H groups in total. The van der Waals surface area contributed by atoms with Crippen molar-refractivity contribution in [3.63, 3.8) is 0 Å². The summed E-state index contributed by atoms with van der Waals surface area (Å²) in [5.41, 5.74) is -4.15. The molecular weight excluding hydrogens is 450 g/mol. The number of halogens is 6. The molecular formula is C19H14F6N2O3S. The average Bonchev–Trinajstić information content (AvgIpc) is 2.65. The maximum absolute atomic E-state index is 13.0. The van der Waals surface area contributed by atoms with E-state index in [1.807, 2.05) is 0 Å². The number of alkyl halides is 6. The number of nitriles is 1. The quantitative estimate of drug-likeness (QED) is 0.467. The summed E-state index contributed by atoms with van der Waals surface area (Å²) < 4.78 is 79.3. The van der Waals surface area contributed by atoms with Gasteiger partial charge in [0.05, 0.1) is 17.2 Å². The Morgan fingerprint density at radius 3 is 2.26 bits per heavy atom. The zero-order valence-corrected chi connectivity index (χ0v) is 16.5. The van der Waals surface area contributed by atoms with Gasteiger partial charge in [-0.25, -0.2) is 0 Å². The molecule has 2 rings (SSSR count). The number of anilines is 1. The molecule has 2 aromatic rings. The van der Waals surface area contributed by atoms with Crippen LogP contribution in [0.1, 0.15) is 18.1 Å². The van der Waals surface area contributed by atoms with E-state index in [1.54, 1.807) is 0 Å². The van der Waals surface area contributed by atoms with Gasteiger partial charge in [0.25, 0.3) is 5.91 Å². The number of rotatable bonds is 6. The molecule has 0 spiro atoms. The Kier molecular flexibility index (Phi) is 7.13. The van der Waals surface area contributed by atoms with Gasteiger partial charge in [0.15, 0.2) is 0 Å². The number of aliphatic hydroxyl groups is 1. The number of carbonyl (C=O) groups is 1. The predicted octanol–water partition coefficient (Wildman–Crippen LogP) is 4.96. The second-order valence-electron chi connectivity index (χ2n) is 6.41. The molecule has 0 aliphatic rings. The summed E-state index contributed by atoms with van der Waals surface area (Å²) in [5.74, 6) is -1.70. The van der Waals surface area contributed by atoms with E-state index >= 15 is 0 Å². The van der Waals surface area contributed by atoms with Gasteiger partial charge in [-0.2, -0.15) is 18.4 Å². The molecule has 0 aliphatic carbocycles. The van der Waals surface area contributed by atoms with E-state index in [0.29, 0.717) is 11.0 Å². The van der Waals surface area contributed by atoms with Crippen molar-refractivity contribution in [2.75, 3.05) is 11.1 Å². The minimum absolute atomic E-state index is 0.249. The summed E-state index contributed by atoms with van der Waals surface area (Å²) in [5, 5.41) is 21.3. The second kappa shape index (κ2) is 9.07. The van der Waals surface area contributed by atoms with E-state index in [4.69, 9.17) is 5.26 Å². The number of thioether (sulfide) groups is 1. The van der Waals surface area contributed by atoms with Gasteiger partial charge < -0.3 is 15.2 Å². The van der Waals surface area contributed by atoms with Crippen LogP contribution in [-0.2, 0) is 11.0 Å². The highest BCUT2D eigenvalue weighted by Crippen LogP contribution is 2.34. The fraction of sp³-hybridized carbons (Fsp3) is 0.263. The van der Waals surface area contributed by atoms with Crippen LogP contribution in [0.2, 0.25) is 0 Å². The monoisotopic (exact) mass is 464 g/mol. The Hall–Kier alpha value is -2.91. The van der Waals surface area contributed by atoms with Crippen molar-refractivity contribution in [2.45, 2.75) is 30.0 Å². The van der Waals surface area contributed by atoms with Crippen molar-refractivity contribution in [3.05, 3.63) is 53.6 Å². The second-order valence-corrected chi connectivity index (χ2v) is 7.45. The van der Waals surface area contributed by atoms with Crippen LogP contribution in [-0.4, -0.2) is 28.7 Å². The van der Waals surface area contributed by atoms with Crippen molar-refractivity contribution in [3.8, 4) is 11.8 Å². The van der Waals surface area contributed by atoms with Crippen LogP contribution in [0.4, 0.5) is 32.0 Å². The summed E-state index contributed by atoms with van der Waals surface area (Å²) in [6, 6.07) is 8.67. The molecule has 1 atom stereocenters. The van der Waals surface area contributed by atoms with Gasteiger partial charge in [-0.3, -0.25) is 4.79 Å². The largest absolute Gasteiger partial charge is 0.573 e. The van der Waals surface area contributed by atoms with E-state index in [0.717, 1.165) is 43.0 Å². The molecule has 2 aromatic carbocycles. The first-order chi connectivity index (χ1) is 14.2. The highest BCUT2D eigenvalue weighted by atomic mass is 32.2. The lowest BCUT2D eigenvalue weighted by molar-refractivity contribution is -0.274. The van der Waals surface area contributed by atoms with E-state index in [-0.39, 0.29) is 11.4 Å². The normalized spacial score (nSPS) is 13.8. The van der Waals surface area contributed by atoms with Crippen LogP contribution >= 0.6 is 11.8 Å². The van der Waals surface area contributed by atoms with Crippen LogP contribution < -0.4 is 10.1 Å². The Morgan fingerprint density at radius 1 is 1.13 bits per heavy atom. The lowest BCUT2D eigenvalue weighted by Crippen LogP contribution is -2.42. The Labute approximate surface area is 176 Å². The highest BCUT2D eigenvalue weighted by molar-refractivity contribution is 7.99. The number of ether oxygens (including phenoxy) is 1. The minimum Gasteiger partial charge on any atom is -0.406 e. The van der Waals surface area contributed by atoms with Crippen LogP contribution in [0, 0.1) is 11.3 Å². The fourth-order valence-electron chi connectivity index (χ4n) is 2.25. The van der Waals surface area contributed by atoms with E-state index in [1.165, 1.54) is 18.2 Å². The predicted molar refractivity (Wildman–Crippen MR) is 99.3 cm³/mol. The summed E-state index contributed by atoms with van der Waals surface area (Å²) in [6.45, 7) is 1.13. The van der Waals surface area contributed by atoms with Gasteiger partial charge in [0, 0.05) is 16.3 Å². The Morgan fingerprint density at radius 2 is 1.74 bits per heavy atom.